The summed E-state index contributed by atoms with van der Waals surface area (Å²) >= 11 is 0. The quantitative estimate of drug-likeness (QED) is 0.921. The summed E-state index contributed by atoms with van der Waals surface area (Å²) in [5, 5.41) is 3.21. The highest BCUT2D eigenvalue weighted by molar-refractivity contribution is 7.92. The van der Waals surface area contributed by atoms with E-state index >= 15 is 0 Å². The normalized spacial score (nSPS) is 18.3. The largest absolute Gasteiger partial charge is 0.383 e. The molecule has 6 heteroatoms. The second-order valence-corrected chi connectivity index (χ2v) is 7.53. The van der Waals surface area contributed by atoms with Crippen LogP contribution in [0.3, 0.4) is 0 Å². The Kier molecular flexibility index (Phi) is 6.01. The van der Waals surface area contributed by atoms with E-state index in [0.29, 0.717) is 30.8 Å². The minimum atomic E-state index is -3.37. The van der Waals surface area contributed by atoms with Crippen LogP contribution < -0.4 is 5.32 Å². The molecule has 0 spiro atoms. The van der Waals surface area contributed by atoms with Gasteiger partial charge in [0.05, 0.1) is 11.5 Å². The summed E-state index contributed by atoms with van der Waals surface area (Å²) in [6.07, 6.45) is 1.19. The Hall–Kier alpha value is -0.620. The van der Waals surface area contributed by atoms with Gasteiger partial charge in [-0.15, -0.1) is 12.4 Å². The standard InChI is InChI=1S/C14H21NO3S.ClH/c1-12-4-3-5-13(10-12)19(16,17)14(11-18-2)6-8-15-9-7-14;/h3-5,10,15H,6-9,11H2,1-2H3;1H. The number of aryl methyl sites for hydroxylation is 1. The lowest BCUT2D eigenvalue weighted by Crippen LogP contribution is -2.50. The molecule has 0 unspecified atom stereocenters. The maximum absolute atomic E-state index is 12.9. The molecule has 1 saturated heterocycles. The van der Waals surface area contributed by atoms with Crippen molar-refractivity contribution in [2.24, 2.45) is 0 Å². The Morgan fingerprint density at radius 3 is 2.50 bits per heavy atom. The van der Waals surface area contributed by atoms with Crippen molar-refractivity contribution in [1.29, 1.82) is 0 Å². The molecular formula is C14H22ClNO3S. The summed E-state index contributed by atoms with van der Waals surface area (Å²) in [5.41, 5.74) is 0.961. The summed E-state index contributed by atoms with van der Waals surface area (Å²) in [4.78, 5) is 0.409. The second kappa shape index (κ2) is 6.89. The van der Waals surface area contributed by atoms with Crippen molar-refractivity contribution in [3.63, 3.8) is 0 Å². The molecule has 1 aliphatic rings. The van der Waals surface area contributed by atoms with Gasteiger partial charge < -0.3 is 10.1 Å². The number of halogens is 1. The molecule has 2 rings (SSSR count). The zero-order chi connectivity index (χ0) is 13.9. The molecule has 114 valence electrons. The monoisotopic (exact) mass is 319 g/mol. The van der Waals surface area contributed by atoms with Crippen LogP contribution >= 0.6 is 12.4 Å². The predicted octanol–water partition coefficient (Wildman–Crippen LogP) is 1.96. The van der Waals surface area contributed by atoms with Crippen LogP contribution in [0.5, 0.6) is 0 Å². The van der Waals surface area contributed by atoms with Gasteiger partial charge >= 0.3 is 0 Å². The van der Waals surface area contributed by atoms with Crippen molar-refractivity contribution >= 4 is 22.2 Å². The Labute approximate surface area is 127 Å². The van der Waals surface area contributed by atoms with Gasteiger partial charge in [-0.2, -0.15) is 0 Å². The summed E-state index contributed by atoms with van der Waals surface area (Å²) in [6, 6.07) is 7.13. The van der Waals surface area contributed by atoms with Gasteiger partial charge in [0.15, 0.2) is 9.84 Å². The average Bonchev–Trinajstić information content (AvgIpc) is 2.40. The molecule has 0 bridgehead atoms. The molecule has 0 aromatic heterocycles. The lowest BCUT2D eigenvalue weighted by Gasteiger charge is -2.36. The summed E-state index contributed by atoms with van der Waals surface area (Å²) in [7, 11) is -1.81. The fraction of sp³-hybridized carbons (Fsp3) is 0.571. The van der Waals surface area contributed by atoms with Crippen molar-refractivity contribution in [3.8, 4) is 0 Å². The fourth-order valence-corrected chi connectivity index (χ4v) is 4.78. The van der Waals surface area contributed by atoms with Gasteiger partial charge in [-0.3, -0.25) is 0 Å². The van der Waals surface area contributed by atoms with Gasteiger partial charge in [0, 0.05) is 7.11 Å². The number of ether oxygens (including phenoxy) is 1. The SMILES string of the molecule is COCC1(S(=O)(=O)c2cccc(C)c2)CCNCC1.Cl. The zero-order valence-corrected chi connectivity index (χ0v) is 13.5. The highest BCUT2D eigenvalue weighted by atomic mass is 35.5. The minimum Gasteiger partial charge on any atom is -0.383 e. The Bertz CT molecular complexity index is 534. The van der Waals surface area contributed by atoms with Crippen LogP contribution in [0, 0.1) is 6.92 Å². The van der Waals surface area contributed by atoms with Crippen LogP contribution in [0.25, 0.3) is 0 Å². The molecule has 1 fully saturated rings. The summed E-state index contributed by atoms with van der Waals surface area (Å²) in [5.74, 6) is 0. The lowest BCUT2D eigenvalue weighted by atomic mass is 9.98. The maximum atomic E-state index is 12.9. The fourth-order valence-electron chi connectivity index (χ4n) is 2.67. The maximum Gasteiger partial charge on any atom is 0.186 e. The van der Waals surface area contributed by atoms with Crippen molar-refractivity contribution < 1.29 is 13.2 Å². The third-order valence-electron chi connectivity index (χ3n) is 3.79. The van der Waals surface area contributed by atoms with Gasteiger partial charge in [-0.05, 0) is 50.6 Å². The molecule has 0 radical (unpaired) electrons. The predicted molar refractivity (Wildman–Crippen MR) is 82.3 cm³/mol. The van der Waals surface area contributed by atoms with E-state index in [4.69, 9.17) is 4.74 Å². The molecule has 0 aliphatic carbocycles. The molecule has 4 nitrogen and oxygen atoms in total. The molecule has 20 heavy (non-hydrogen) atoms. The van der Waals surface area contributed by atoms with Crippen molar-refractivity contribution in [1.82, 2.24) is 5.32 Å². The number of hydrogen-bond acceptors (Lipinski definition) is 4. The molecule has 0 atom stereocenters. The van der Waals surface area contributed by atoms with Crippen LogP contribution in [0.1, 0.15) is 18.4 Å². The number of nitrogens with one attached hydrogen (secondary N) is 1. The summed E-state index contributed by atoms with van der Waals surface area (Å²) < 4.78 is 30.3. The first-order chi connectivity index (χ1) is 9.02. The number of methoxy groups -OCH3 is 1. The van der Waals surface area contributed by atoms with E-state index in [2.05, 4.69) is 5.32 Å². The molecule has 0 saturated carbocycles. The smallest absolute Gasteiger partial charge is 0.186 e. The Balaban J connectivity index is 0.00000200. The van der Waals surface area contributed by atoms with E-state index in [1.165, 1.54) is 0 Å². The molecule has 1 aromatic rings. The van der Waals surface area contributed by atoms with E-state index in [1.807, 2.05) is 13.0 Å². The molecule has 1 heterocycles. The van der Waals surface area contributed by atoms with Crippen molar-refractivity contribution in [3.05, 3.63) is 29.8 Å². The summed E-state index contributed by atoms with van der Waals surface area (Å²) in [6.45, 7) is 3.60. The molecule has 1 aliphatic heterocycles. The van der Waals surface area contributed by atoms with E-state index in [1.54, 1.807) is 25.3 Å². The molecule has 1 aromatic carbocycles. The van der Waals surface area contributed by atoms with Gasteiger partial charge in [0.1, 0.15) is 4.75 Å². The number of hydrogen-bond donors (Lipinski definition) is 1. The Morgan fingerprint density at radius 2 is 1.95 bits per heavy atom. The molecule has 0 amide bonds. The minimum absolute atomic E-state index is 0. The number of benzene rings is 1. The van der Waals surface area contributed by atoms with Crippen LogP contribution in [-0.2, 0) is 14.6 Å². The van der Waals surface area contributed by atoms with Gasteiger partial charge in [0.25, 0.3) is 0 Å². The lowest BCUT2D eigenvalue weighted by molar-refractivity contribution is 0.147. The first-order valence-electron chi connectivity index (χ1n) is 6.53. The third kappa shape index (κ3) is 3.17. The van der Waals surface area contributed by atoms with Crippen molar-refractivity contribution in [2.45, 2.75) is 29.4 Å². The van der Waals surface area contributed by atoms with Gasteiger partial charge in [-0.1, -0.05) is 12.1 Å². The first-order valence-corrected chi connectivity index (χ1v) is 8.01. The van der Waals surface area contributed by atoms with Crippen LogP contribution in [0.2, 0.25) is 0 Å². The van der Waals surface area contributed by atoms with E-state index in [-0.39, 0.29) is 19.0 Å². The first kappa shape index (κ1) is 17.4. The highest BCUT2D eigenvalue weighted by Gasteiger charge is 2.45. The number of piperidine rings is 1. The van der Waals surface area contributed by atoms with Crippen LogP contribution in [0.15, 0.2) is 29.2 Å². The van der Waals surface area contributed by atoms with Crippen LogP contribution in [0.4, 0.5) is 0 Å². The third-order valence-corrected chi connectivity index (χ3v) is 6.33. The molecular weight excluding hydrogens is 298 g/mol. The Morgan fingerprint density at radius 1 is 1.30 bits per heavy atom. The van der Waals surface area contributed by atoms with Gasteiger partial charge in [0.2, 0.25) is 0 Å². The van der Waals surface area contributed by atoms with Gasteiger partial charge in [-0.25, -0.2) is 8.42 Å². The molecule has 1 N–H and O–H groups in total. The zero-order valence-electron chi connectivity index (χ0n) is 11.9. The number of rotatable bonds is 4. The number of sulfone groups is 1. The topological polar surface area (TPSA) is 55.4 Å². The second-order valence-electron chi connectivity index (χ2n) is 5.19. The van der Waals surface area contributed by atoms with E-state index < -0.39 is 14.6 Å². The average molecular weight is 320 g/mol. The van der Waals surface area contributed by atoms with E-state index in [0.717, 1.165) is 5.56 Å². The van der Waals surface area contributed by atoms with E-state index in [9.17, 15) is 8.42 Å². The van der Waals surface area contributed by atoms with Crippen LogP contribution in [-0.4, -0.2) is 40.0 Å². The van der Waals surface area contributed by atoms with Crippen molar-refractivity contribution in [2.75, 3.05) is 26.8 Å². The highest BCUT2D eigenvalue weighted by Crippen LogP contribution is 2.34.